The second-order valence-corrected chi connectivity index (χ2v) is 11.9. The number of nitrogens with one attached hydrogen (secondary N) is 1. The SMILES string of the molecule is O=C(NC1C[C@H]2CCC[C@@H](C1)N2Cc1cccs1)C12CC3CC(CC(C3)C1)C2. The predicted octanol–water partition coefficient (Wildman–Crippen LogP) is 4.97. The molecule has 6 aliphatic rings. The summed E-state index contributed by atoms with van der Waals surface area (Å²) in [6, 6.07) is 6.19. The standard InChI is InChI=1S/C24H34N2OS/c27-23(24-12-16-7-17(13-24)9-18(8-16)14-24)25-19-10-20-3-1-4-21(11-19)26(20)15-22-5-2-6-28-22/h2,5-6,16-21H,1,3-4,7-15H2,(H,25,27)/t16?,17?,18?,19?,20-,21+,24?. The van der Waals surface area contributed by atoms with E-state index in [1.54, 1.807) is 0 Å². The van der Waals surface area contributed by atoms with Crippen LogP contribution in [0.2, 0.25) is 0 Å². The molecule has 4 heteroatoms. The van der Waals surface area contributed by atoms with E-state index in [0.29, 0.717) is 24.0 Å². The Balaban J connectivity index is 1.14. The highest BCUT2D eigenvalue weighted by atomic mass is 32.1. The maximum absolute atomic E-state index is 13.5. The fourth-order valence-corrected chi connectivity index (χ4v) is 8.88. The zero-order valence-corrected chi connectivity index (χ0v) is 17.8. The minimum Gasteiger partial charge on any atom is -0.353 e. The van der Waals surface area contributed by atoms with Crippen LogP contribution >= 0.6 is 11.3 Å². The Labute approximate surface area is 173 Å². The maximum Gasteiger partial charge on any atom is 0.226 e. The molecule has 1 amide bonds. The van der Waals surface area contributed by atoms with Crippen LogP contribution in [0.3, 0.4) is 0 Å². The molecule has 1 N–H and O–H groups in total. The van der Waals surface area contributed by atoms with Crippen LogP contribution in [0.4, 0.5) is 0 Å². The zero-order valence-electron chi connectivity index (χ0n) is 16.9. The van der Waals surface area contributed by atoms with Gasteiger partial charge in [0.1, 0.15) is 0 Å². The molecule has 3 heterocycles. The fourth-order valence-electron chi connectivity index (χ4n) is 8.16. The minimum absolute atomic E-state index is 0.0119. The van der Waals surface area contributed by atoms with Gasteiger partial charge in [0.2, 0.25) is 5.91 Å². The van der Waals surface area contributed by atoms with E-state index in [0.717, 1.165) is 24.3 Å². The van der Waals surface area contributed by atoms with Crippen molar-refractivity contribution in [3.63, 3.8) is 0 Å². The molecule has 0 radical (unpaired) electrons. The first kappa shape index (κ1) is 17.9. The molecule has 4 aliphatic carbocycles. The van der Waals surface area contributed by atoms with E-state index in [2.05, 4.69) is 27.7 Å². The first-order chi connectivity index (χ1) is 13.7. The number of rotatable bonds is 4. The van der Waals surface area contributed by atoms with Crippen molar-refractivity contribution in [3.8, 4) is 0 Å². The zero-order chi connectivity index (χ0) is 18.7. The second-order valence-electron chi connectivity index (χ2n) is 10.8. The van der Waals surface area contributed by atoms with Crippen LogP contribution < -0.4 is 5.32 Å². The number of nitrogens with zero attached hydrogens (tertiary/aromatic N) is 1. The fraction of sp³-hybridized carbons (Fsp3) is 0.792. The van der Waals surface area contributed by atoms with Crippen molar-refractivity contribution >= 4 is 17.2 Å². The van der Waals surface area contributed by atoms with Crippen molar-refractivity contribution in [3.05, 3.63) is 22.4 Å². The smallest absolute Gasteiger partial charge is 0.226 e. The molecule has 2 aliphatic heterocycles. The third kappa shape index (κ3) is 3.06. The monoisotopic (exact) mass is 398 g/mol. The van der Waals surface area contributed by atoms with Gasteiger partial charge >= 0.3 is 0 Å². The van der Waals surface area contributed by atoms with Crippen molar-refractivity contribution in [1.29, 1.82) is 0 Å². The molecule has 3 atom stereocenters. The highest BCUT2D eigenvalue weighted by molar-refractivity contribution is 7.09. The third-order valence-corrected chi connectivity index (χ3v) is 9.76. The lowest BCUT2D eigenvalue weighted by Crippen LogP contribution is -2.59. The van der Waals surface area contributed by atoms with Gasteiger partial charge in [0, 0.05) is 35.0 Å². The van der Waals surface area contributed by atoms with E-state index in [1.807, 2.05) is 11.3 Å². The quantitative estimate of drug-likeness (QED) is 0.777. The van der Waals surface area contributed by atoms with Crippen LogP contribution in [-0.2, 0) is 11.3 Å². The normalized spacial score (nSPS) is 44.6. The van der Waals surface area contributed by atoms with E-state index in [-0.39, 0.29) is 5.41 Å². The second kappa shape index (κ2) is 6.84. The summed E-state index contributed by atoms with van der Waals surface area (Å²) in [6.45, 7) is 1.11. The Kier molecular flexibility index (Phi) is 4.38. The number of piperidine rings is 2. The average molecular weight is 399 g/mol. The highest BCUT2D eigenvalue weighted by Crippen LogP contribution is 2.60. The van der Waals surface area contributed by atoms with E-state index < -0.39 is 0 Å². The lowest BCUT2D eigenvalue weighted by Gasteiger charge is -2.56. The van der Waals surface area contributed by atoms with Crippen molar-refractivity contribution in [2.24, 2.45) is 23.2 Å². The number of fused-ring (bicyclic) bond motifs is 2. The molecule has 7 rings (SSSR count). The van der Waals surface area contributed by atoms with E-state index >= 15 is 0 Å². The molecule has 4 saturated carbocycles. The third-order valence-electron chi connectivity index (χ3n) is 8.90. The van der Waals surface area contributed by atoms with Crippen LogP contribution in [0.25, 0.3) is 0 Å². The van der Waals surface area contributed by atoms with Crippen LogP contribution in [0.5, 0.6) is 0 Å². The van der Waals surface area contributed by atoms with Crippen LogP contribution in [-0.4, -0.2) is 28.9 Å². The molecule has 6 fully saturated rings. The van der Waals surface area contributed by atoms with Gasteiger partial charge in [0.25, 0.3) is 0 Å². The summed E-state index contributed by atoms with van der Waals surface area (Å²) >= 11 is 1.89. The molecule has 6 bridgehead atoms. The summed E-state index contributed by atoms with van der Waals surface area (Å²) in [5.74, 6) is 3.00. The highest BCUT2D eigenvalue weighted by Gasteiger charge is 2.55. The van der Waals surface area contributed by atoms with Gasteiger partial charge in [-0.05, 0) is 93.4 Å². The Morgan fingerprint density at radius 1 is 1.04 bits per heavy atom. The van der Waals surface area contributed by atoms with Crippen molar-refractivity contribution in [2.45, 2.75) is 95.3 Å². The first-order valence-electron chi connectivity index (χ1n) is 11.8. The Morgan fingerprint density at radius 2 is 1.68 bits per heavy atom. The maximum atomic E-state index is 13.5. The van der Waals surface area contributed by atoms with Crippen LogP contribution in [0, 0.1) is 23.2 Å². The molecule has 0 spiro atoms. The number of hydrogen-bond donors (Lipinski definition) is 1. The molecule has 3 nitrogen and oxygen atoms in total. The Hall–Kier alpha value is -0.870. The number of carbonyl (C=O) groups is 1. The van der Waals surface area contributed by atoms with Gasteiger partial charge in [-0.15, -0.1) is 11.3 Å². The van der Waals surface area contributed by atoms with Gasteiger partial charge < -0.3 is 5.32 Å². The summed E-state index contributed by atoms with van der Waals surface area (Å²) in [4.78, 5) is 17.8. The van der Waals surface area contributed by atoms with Crippen LogP contribution in [0.15, 0.2) is 17.5 Å². The van der Waals surface area contributed by atoms with E-state index in [9.17, 15) is 4.79 Å². The van der Waals surface area contributed by atoms with E-state index in [1.165, 1.54) is 75.5 Å². The first-order valence-corrected chi connectivity index (χ1v) is 12.6. The molecule has 0 aromatic carbocycles. The van der Waals surface area contributed by atoms with Gasteiger partial charge in [-0.25, -0.2) is 0 Å². The molecular weight excluding hydrogens is 364 g/mol. The molecule has 2 saturated heterocycles. The summed E-state index contributed by atoms with van der Waals surface area (Å²) in [5, 5.41) is 5.82. The van der Waals surface area contributed by atoms with Crippen LogP contribution in [0.1, 0.15) is 75.5 Å². The summed E-state index contributed by atoms with van der Waals surface area (Å²) in [6.07, 6.45) is 14.1. The number of thiophene rings is 1. The molecule has 28 heavy (non-hydrogen) atoms. The summed E-state index contributed by atoms with van der Waals surface area (Å²) in [5.41, 5.74) is 0.0119. The Bertz CT molecular complexity index is 680. The Morgan fingerprint density at radius 3 is 2.25 bits per heavy atom. The van der Waals surface area contributed by atoms with Gasteiger partial charge in [-0.2, -0.15) is 0 Å². The topological polar surface area (TPSA) is 32.3 Å². The number of hydrogen-bond acceptors (Lipinski definition) is 3. The van der Waals surface area contributed by atoms with Gasteiger partial charge in [-0.3, -0.25) is 9.69 Å². The van der Waals surface area contributed by atoms with Crippen molar-refractivity contribution in [2.75, 3.05) is 0 Å². The molecule has 1 aromatic heterocycles. The number of carbonyl (C=O) groups excluding carboxylic acids is 1. The molecule has 1 unspecified atom stereocenters. The molecular formula is C24H34N2OS. The average Bonchev–Trinajstić information content (AvgIpc) is 3.14. The van der Waals surface area contributed by atoms with Gasteiger partial charge in [0.15, 0.2) is 0 Å². The molecule has 152 valence electrons. The lowest BCUT2D eigenvalue weighted by molar-refractivity contribution is -0.147. The van der Waals surface area contributed by atoms with Crippen molar-refractivity contribution in [1.82, 2.24) is 10.2 Å². The predicted molar refractivity (Wildman–Crippen MR) is 113 cm³/mol. The largest absolute Gasteiger partial charge is 0.353 e. The number of amides is 1. The van der Waals surface area contributed by atoms with Gasteiger partial charge in [-0.1, -0.05) is 12.5 Å². The van der Waals surface area contributed by atoms with E-state index in [4.69, 9.17) is 0 Å². The van der Waals surface area contributed by atoms with Crippen molar-refractivity contribution < 1.29 is 4.79 Å². The summed E-state index contributed by atoms with van der Waals surface area (Å²) in [7, 11) is 0. The van der Waals surface area contributed by atoms with Gasteiger partial charge in [0.05, 0.1) is 0 Å². The minimum atomic E-state index is 0.0119. The summed E-state index contributed by atoms with van der Waals surface area (Å²) < 4.78 is 0. The molecule has 1 aromatic rings. The lowest BCUT2D eigenvalue weighted by atomic mass is 9.49.